The fraction of sp³-hybridized carbons (Fsp3) is 0.500. The van der Waals surface area contributed by atoms with Crippen molar-refractivity contribution in [2.75, 3.05) is 6.54 Å². The van der Waals surface area contributed by atoms with Gasteiger partial charge in [0.1, 0.15) is 0 Å². The molecule has 0 atom stereocenters. The number of rotatable bonds is 6. The molecule has 0 heterocycles. The van der Waals surface area contributed by atoms with Crippen molar-refractivity contribution in [1.29, 1.82) is 0 Å². The number of carboxylic acid groups (broad SMARTS) is 1. The van der Waals surface area contributed by atoms with Crippen LogP contribution < -0.4 is 5.32 Å². The molecule has 0 radical (unpaired) electrons. The number of hydrogen-bond donors (Lipinski definition) is 2. The zero-order valence-corrected chi connectivity index (χ0v) is 10.2. The van der Waals surface area contributed by atoms with E-state index in [1.165, 1.54) is 19.3 Å². The molecule has 0 amide bonds. The van der Waals surface area contributed by atoms with Crippen molar-refractivity contribution in [3.63, 3.8) is 0 Å². The molecule has 1 saturated carbocycles. The van der Waals surface area contributed by atoms with Crippen molar-refractivity contribution in [2.45, 2.75) is 32.7 Å². The lowest BCUT2D eigenvalue weighted by atomic mass is 10.0. The van der Waals surface area contributed by atoms with Crippen molar-refractivity contribution in [3.8, 4) is 0 Å². The Morgan fingerprint density at radius 3 is 2.82 bits per heavy atom. The van der Waals surface area contributed by atoms with Gasteiger partial charge in [-0.2, -0.15) is 0 Å². The molecule has 2 rings (SSSR count). The van der Waals surface area contributed by atoms with E-state index in [2.05, 4.69) is 12.2 Å². The molecule has 3 nitrogen and oxygen atoms in total. The maximum absolute atomic E-state index is 10.8. The predicted octanol–water partition coefficient (Wildman–Crippen LogP) is 2.66. The molecule has 92 valence electrons. The minimum absolute atomic E-state index is 0.362. The van der Waals surface area contributed by atoms with Crippen LogP contribution >= 0.6 is 0 Å². The van der Waals surface area contributed by atoms with Crippen LogP contribution in [0.1, 0.15) is 42.1 Å². The largest absolute Gasteiger partial charge is 0.478 e. The number of hydrogen-bond acceptors (Lipinski definition) is 2. The van der Waals surface area contributed by atoms with Crippen LogP contribution in [0.4, 0.5) is 0 Å². The van der Waals surface area contributed by atoms with Crippen molar-refractivity contribution < 1.29 is 9.90 Å². The number of aromatic carboxylic acids is 1. The van der Waals surface area contributed by atoms with Gasteiger partial charge < -0.3 is 10.4 Å². The van der Waals surface area contributed by atoms with Crippen LogP contribution in [0, 0.1) is 5.41 Å². The third kappa shape index (κ3) is 3.07. The Kier molecular flexibility index (Phi) is 3.48. The topological polar surface area (TPSA) is 49.3 Å². The standard InChI is InChI=1S/C14H19NO2/c1-2-14(6-7-14)10-15-9-11-4-3-5-12(8-11)13(16)17/h3-5,8,15H,2,6-7,9-10H2,1H3,(H,16,17). The first-order valence-electron chi connectivity index (χ1n) is 6.18. The monoisotopic (exact) mass is 233 g/mol. The molecule has 0 aromatic heterocycles. The molecule has 1 aliphatic carbocycles. The van der Waals surface area contributed by atoms with Gasteiger partial charge >= 0.3 is 5.97 Å². The van der Waals surface area contributed by atoms with Crippen molar-refractivity contribution >= 4 is 5.97 Å². The third-order valence-corrected chi connectivity index (χ3v) is 3.71. The number of carbonyl (C=O) groups is 1. The zero-order valence-electron chi connectivity index (χ0n) is 10.2. The van der Waals surface area contributed by atoms with Crippen LogP contribution in [0.2, 0.25) is 0 Å². The summed E-state index contributed by atoms with van der Waals surface area (Å²) >= 11 is 0. The van der Waals surface area contributed by atoms with Gasteiger partial charge in [0.05, 0.1) is 5.56 Å². The highest BCUT2D eigenvalue weighted by molar-refractivity contribution is 5.87. The van der Waals surface area contributed by atoms with Gasteiger partial charge in [0.2, 0.25) is 0 Å². The Bertz CT molecular complexity index is 410. The molecule has 0 spiro atoms. The number of carboxylic acids is 1. The molecule has 17 heavy (non-hydrogen) atoms. The minimum atomic E-state index is -0.862. The van der Waals surface area contributed by atoms with Crippen LogP contribution in [0.3, 0.4) is 0 Å². The molecule has 1 aromatic carbocycles. The van der Waals surface area contributed by atoms with E-state index in [1.54, 1.807) is 18.2 Å². The maximum Gasteiger partial charge on any atom is 0.335 e. The average molecular weight is 233 g/mol. The quantitative estimate of drug-likeness (QED) is 0.794. The smallest absolute Gasteiger partial charge is 0.335 e. The zero-order chi connectivity index (χ0) is 12.3. The normalized spacial score (nSPS) is 16.8. The van der Waals surface area contributed by atoms with Gasteiger partial charge in [-0.15, -0.1) is 0 Å². The Labute approximate surface area is 102 Å². The fourth-order valence-corrected chi connectivity index (χ4v) is 2.12. The Balaban J connectivity index is 1.86. The Hall–Kier alpha value is -1.35. The first-order valence-corrected chi connectivity index (χ1v) is 6.18. The lowest BCUT2D eigenvalue weighted by molar-refractivity contribution is 0.0696. The molecule has 0 aliphatic heterocycles. The lowest BCUT2D eigenvalue weighted by Gasteiger charge is -2.13. The second-order valence-electron chi connectivity index (χ2n) is 4.96. The van der Waals surface area contributed by atoms with E-state index in [1.807, 2.05) is 6.07 Å². The van der Waals surface area contributed by atoms with Gasteiger partial charge in [-0.3, -0.25) is 0 Å². The first kappa shape index (κ1) is 12.1. The fourth-order valence-electron chi connectivity index (χ4n) is 2.12. The van der Waals surface area contributed by atoms with E-state index in [9.17, 15) is 4.79 Å². The lowest BCUT2D eigenvalue weighted by Crippen LogP contribution is -2.23. The summed E-state index contributed by atoms with van der Waals surface area (Å²) in [5.41, 5.74) is 1.93. The van der Waals surface area contributed by atoms with E-state index < -0.39 is 5.97 Å². The van der Waals surface area contributed by atoms with Crippen molar-refractivity contribution in [1.82, 2.24) is 5.32 Å². The van der Waals surface area contributed by atoms with Crippen LogP contribution in [0.5, 0.6) is 0 Å². The molecule has 1 aromatic rings. The van der Waals surface area contributed by atoms with Gasteiger partial charge in [-0.25, -0.2) is 4.79 Å². The summed E-state index contributed by atoms with van der Waals surface area (Å²) in [4.78, 5) is 10.8. The van der Waals surface area contributed by atoms with Crippen LogP contribution in [-0.4, -0.2) is 17.6 Å². The molecular weight excluding hydrogens is 214 g/mol. The summed E-state index contributed by atoms with van der Waals surface area (Å²) in [5.74, 6) is -0.862. The molecule has 0 unspecified atom stereocenters. The molecular formula is C14H19NO2. The van der Waals surface area contributed by atoms with E-state index >= 15 is 0 Å². The third-order valence-electron chi connectivity index (χ3n) is 3.71. The maximum atomic E-state index is 10.8. The van der Waals surface area contributed by atoms with E-state index in [0.717, 1.165) is 18.7 Å². The number of nitrogens with one attached hydrogen (secondary N) is 1. The van der Waals surface area contributed by atoms with Crippen LogP contribution in [-0.2, 0) is 6.54 Å². The summed E-state index contributed by atoms with van der Waals surface area (Å²) in [5, 5.41) is 12.3. The summed E-state index contributed by atoms with van der Waals surface area (Å²) in [6.45, 7) is 4.03. The molecule has 3 heteroatoms. The second kappa shape index (κ2) is 4.88. The second-order valence-corrected chi connectivity index (χ2v) is 4.96. The minimum Gasteiger partial charge on any atom is -0.478 e. The SMILES string of the molecule is CCC1(CNCc2cccc(C(=O)O)c2)CC1. The highest BCUT2D eigenvalue weighted by Gasteiger charge is 2.39. The molecule has 0 saturated heterocycles. The average Bonchev–Trinajstić information content (AvgIpc) is 3.10. The number of benzene rings is 1. The Morgan fingerprint density at radius 2 is 2.24 bits per heavy atom. The highest BCUT2D eigenvalue weighted by Crippen LogP contribution is 2.47. The Morgan fingerprint density at radius 1 is 1.47 bits per heavy atom. The highest BCUT2D eigenvalue weighted by atomic mass is 16.4. The van der Waals surface area contributed by atoms with E-state index in [4.69, 9.17) is 5.11 Å². The van der Waals surface area contributed by atoms with Gasteiger partial charge in [-0.1, -0.05) is 19.1 Å². The van der Waals surface area contributed by atoms with Gasteiger partial charge in [0.15, 0.2) is 0 Å². The summed E-state index contributed by atoms with van der Waals surface area (Å²) in [6, 6.07) is 7.12. The molecule has 1 aliphatic rings. The van der Waals surface area contributed by atoms with Gasteiger partial charge in [-0.05, 0) is 42.4 Å². The van der Waals surface area contributed by atoms with Crippen LogP contribution in [0.25, 0.3) is 0 Å². The van der Waals surface area contributed by atoms with Gasteiger partial charge in [0, 0.05) is 13.1 Å². The van der Waals surface area contributed by atoms with E-state index in [0.29, 0.717) is 11.0 Å². The summed E-state index contributed by atoms with van der Waals surface area (Å²) < 4.78 is 0. The van der Waals surface area contributed by atoms with Crippen LogP contribution in [0.15, 0.2) is 24.3 Å². The predicted molar refractivity (Wildman–Crippen MR) is 67.1 cm³/mol. The summed E-state index contributed by atoms with van der Waals surface area (Å²) in [6.07, 6.45) is 3.88. The van der Waals surface area contributed by atoms with Crippen molar-refractivity contribution in [3.05, 3.63) is 35.4 Å². The molecule has 2 N–H and O–H groups in total. The first-order chi connectivity index (χ1) is 8.15. The van der Waals surface area contributed by atoms with Gasteiger partial charge in [0.25, 0.3) is 0 Å². The van der Waals surface area contributed by atoms with E-state index in [-0.39, 0.29) is 0 Å². The molecule has 0 bridgehead atoms. The summed E-state index contributed by atoms with van der Waals surface area (Å²) in [7, 11) is 0. The van der Waals surface area contributed by atoms with Crippen molar-refractivity contribution in [2.24, 2.45) is 5.41 Å². The molecule has 1 fully saturated rings.